The molecule has 1 aromatic heterocycles. The van der Waals surface area contributed by atoms with Crippen LogP contribution < -0.4 is 9.64 Å². The lowest BCUT2D eigenvalue weighted by Crippen LogP contribution is -2.44. The predicted octanol–water partition coefficient (Wildman–Crippen LogP) is 4.66. The van der Waals surface area contributed by atoms with Gasteiger partial charge in [-0.25, -0.2) is 4.68 Å². The van der Waals surface area contributed by atoms with Gasteiger partial charge in [0.05, 0.1) is 19.2 Å². The minimum Gasteiger partial charge on any atom is -0.497 e. The van der Waals surface area contributed by atoms with Gasteiger partial charge in [0.1, 0.15) is 12.1 Å². The molecule has 0 unspecified atom stereocenters. The SMILES string of the molecule is COc1ccc([C@@H]2C[C@@H](c3ccccc3Cl)n3ncnc3N2C(=O)C(C)C)cc1. The third-order valence-corrected chi connectivity index (χ3v) is 5.66. The minimum absolute atomic E-state index is 0.0117. The molecule has 150 valence electrons. The van der Waals surface area contributed by atoms with E-state index >= 15 is 0 Å². The number of aromatic nitrogens is 3. The Morgan fingerprint density at radius 2 is 1.86 bits per heavy atom. The number of carbonyl (C=O) groups excluding carboxylic acids is 1. The van der Waals surface area contributed by atoms with Gasteiger partial charge in [-0.1, -0.05) is 55.8 Å². The lowest BCUT2D eigenvalue weighted by atomic mass is 9.91. The van der Waals surface area contributed by atoms with Gasteiger partial charge in [-0.05, 0) is 35.7 Å². The highest BCUT2D eigenvalue weighted by Gasteiger charge is 2.40. The number of methoxy groups -OCH3 is 1. The van der Waals surface area contributed by atoms with Gasteiger partial charge < -0.3 is 4.74 Å². The van der Waals surface area contributed by atoms with Crippen LogP contribution in [0.2, 0.25) is 5.02 Å². The molecule has 1 aliphatic rings. The van der Waals surface area contributed by atoms with E-state index in [-0.39, 0.29) is 23.9 Å². The summed E-state index contributed by atoms with van der Waals surface area (Å²) >= 11 is 6.52. The molecular weight excluding hydrogens is 388 g/mol. The number of anilines is 1. The summed E-state index contributed by atoms with van der Waals surface area (Å²) in [6.45, 7) is 3.79. The van der Waals surface area contributed by atoms with Gasteiger partial charge in [-0.2, -0.15) is 10.1 Å². The van der Waals surface area contributed by atoms with E-state index < -0.39 is 0 Å². The van der Waals surface area contributed by atoms with E-state index in [9.17, 15) is 4.79 Å². The summed E-state index contributed by atoms with van der Waals surface area (Å²) in [5.74, 6) is 1.16. The van der Waals surface area contributed by atoms with Gasteiger partial charge in [0.2, 0.25) is 11.9 Å². The van der Waals surface area contributed by atoms with Crippen molar-refractivity contribution in [1.82, 2.24) is 14.8 Å². The van der Waals surface area contributed by atoms with E-state index in [1.807, 2.05) is 67.1 Å². The number of hydrogen-bond acceptors (Lipinski definition) is 4. The van der Waals surface area contributed by atoms with E-state index in [1.165, 1.54) is 6.33 Å². The molecule has 0 fully saturated rings. The van der Waals surface area contributed by atoms with E-state index in [4.69, 9.17) is 16.3 Å². The maximum Gasteiger partial charge on any atom is 0.232 e. The number of hydrogen-bond donors (Lipinski definition) is 0. The fraction of sp³-hybridized carbons (Fsp3) is 0.318. The Kier molecular flexibility index (Phi) is 5.28. The monoisotopic (exact) mass is 410 g/mol. The number of ether oxygens (including phenoxy) is 1. The summed E-state index contributed by atoms with van der Waals surface area (Å²) in [4.78, 5) is 19.4. The Morgan fingerprint density at radius 3 is 2.52 bits per heavy atom. The lowest BCUT2D eigenvalue weighted by Gasteiger charge is -2.40. The Morgan fingerprint density at radius 1 is 1.14 bits per heavy atom. The molecule has 1 aliphatic heterocycles. The van der Waals surface area contributed by atoms with Crippen LogP contribution in [-0.2, 0) is 4.79 Å². The summed E-state index contributed by atoms with van der Waals surface area (Å²) in [6, 6.07) is 15.3. The molecule has 4 rings (SSSR count). The van der Waals surface area contributed by atoms with Crippen molar-refractivity contribution in [2.45, 2.75) is 32.4 Å². The van der Waals surface area contributed by atoms with Crippen LogP contribution in [0.15, 0.2) is 54.9 Å². The summed E-state index contributed by atoms with van der Waals surface area (Å²) in [7, 11) is 1.64. The third kappa shape index (κ3) is 3.49. The van der Waals surface area contributed by atoms with E-state index in [0.717, 1.165) is 16.9 Å². The van der Waals surface area contributed by atoms with Crippen molar-refractivity contribution in [2.75, 3.05) is 12.0 Å². The van der Waals surface area contributed by atoms with Crippen LogP contribution in [0.3, 0.4) is 0 Å². The summed E-state index contributed by atoms with van der Waals surface area (Å²) in [5.41, 5.74) is 1.99. The topological polar surface area (TPSA) is 60.2 Å². The fourth-order valence-corrected chi connectivity index (χ4v) is 4.10. The molecule has 0 bridgehead atoms. The van der Waals surface area contributed by atoms with Crippen LogP contribution in [-0.4, -0.2) is 27.8 Å². The highest BCUT2D eigenvalue weighted by atomic mass is 35.5. The molecule has 0 saturated heterocycles. The minimum atomic E-state index is -0.186. The zero-order valence-electron chi connectivity index (χ0n) is 16.6. The van der Waals surface area contributed by atoms with E-state index in [1.54, 1.807) is 12.0 Å². The molecule has 0 aliphatic carbocycles. The predicted molar refractivity (Wildman–Crippen MR) is 112 cm³/mol. The maximum absolute atomic E-state index is 13.2. The van der Waals surface area contributed by atoms with Crippen LogP contribution >= 0.6 is 11.6 Å². The van der Waals surface area contributed by atoms with Crippen LogP contribution in [0.4, 0.5) is 5.95 Å². The Labute approximate surface area is 175 Å². The number of amides is 1. The van der Waals surface area contributed by atoms with Crippen molar-refractivity contribution in [3.8, 4) is 5.75 Å². The smallest absolute Gasteiger partial charge is 0.232 e. The van der Waals surface area contributed by atoms with Gasteiger partial charge in [0, 0.05) is 10.9 Å². The molecule has 2 aromatic carbocycles. The zero-order valence-corrected chi connectivity index (χ0v) is 17.4. The molecule has 3 aromatic rings. The second-order valence-corrected chi connectivity index (χ2v) is 7.84. The van der Waals surface area contributed by atoms with Crippen molar-refractivity contribution in [3.05, 3.63) is 71.0 Å². The van der Waals surface area contributed by atoms with Crippen LogP contribution in [0.1, 0.15) is 43.5 Å². The molecule has 29 heavy (non-hydrogen) atoms. The lowest BCUT2D eigenvalue weighted by molar-refractivity contribution is -0.122. The molecular formula is C22H23ClN4O2. The van der Waals surface area contributed by atoms with Gasteiger partial charge in [0.15, 0.2) is 0 Å². The second-order valence-electron chi connectivity index (χ2n) is 7.43. The molecule has 0 saturated carbocycles. The molecule has 7 heteroatoms. The zero-order chi connectivity index (χ0) is 20.5. The highest BCUT2D eigenvalue weighted by Crippen LogP contribution is 2.44. The van der Waals surface area contributed by atoms with Crippen molar-refractivity contribution < 1.29 is 9.53 Å². The molecule has 0 radical (unpaired) electrons. The van der Waals surface area contributed by atoms with E-state index in [0.29, 0.717) is 17.4 Å². The summed E-state index contributed by atoms with van der Waals surface area (Å²) in [5, 5.41) is 5.11. The maximum atomic E-state index is 13.2. The Hall–Kier alpha value is -2.86. The summed E-state index contributed by atoms with van der Waals surface area (Å²) in [6.07, 6.45) is 2.14. The van der Waals surface area contributed by atoms with Crippen LogP contribution in [0.5, 0.6) is 5.75 Å². The van der Waals surface area contributed by atoms with Crippen molar-refractivity contribution in [3.63, 3.8) is 0 Å². The average Bonchev–Trinajstić information content (AvgIpc) is 3.22. The Bertz CT molecular complexity index is 1020. The standard InChI is InChI=1S/C22H23ClN4O2/c1-14(2)21(28)26-19(15-8-10-16(29-3)11-9-15)12-20(27-22(26)24-13-25-27)17-6-4-5-7-18(17)23/h4-11,13-14,19-20H,12H2,1-3H3/t19-,20-/m0/s1. The largest absolute Gasteiger partial charge is 0.497 e. The van der Waals surface area contributed by atoms with Crippen molar-refractivity contribution in [1.29, 1.82) is 0 Å². The van der Waals surface area contributed by atoms with Crippen LogP contribution in [0.25, 0.3) is 0 Å². The summed E-state index contributed by atoms with van der Waals surface area (Å²) < 4.78 is 7.10. The normalized spacial score (nSPS) is 18.6. The molecule has 1 amide bonds. The average molecular weight is 411 g/mol. The molecule has 6 nitrogen and oxygen atoms in total. The highest BCUT2D eigenvalue weighted by molar-refractivity contribution is 6.31. The Balaban J connectivity index is 1.85. The number of rotatable bonds is 4. The third-order valence-electron chi connectivity index (χ3n) is 5.32. The number of carbonyl (C=O) groups is 1. The van der Waals surface area contributed by atoms with Crippen LogP contribution in [0, 0.1) is 5.92 Å². The number of halogens is 1. The number of nitrogens with zero attached hydrogens (tertiary/aromatic N) is 4. The second kappa shape index (κ2) is 7.87. The first kappa shape index (κ1) is 19.5. The van der Waals surface area contributed by atoms with Gasteiger partial charge in [-0.15, -0.1) is 0 Å². The number of fused-ring (bicyclic) bond motifs is 1. The van der Waals surface area contributed by atoms with Crippen molar-refractivity contribution in [2.24, 2.45) is 5.92 Å². The first-order valence-electron chi connectivity index (χ1n) is 9.62. The molecule has 2 heterocycles. The number of benzene rings is 2. The van der Waals surface area contributed by atoms with E-state index in [2.05, 4.69) is 10.1 Å². The fourth-order valence-electron chi connectivity index (χ4n) is 3.84. The van der Waals surface area contributed by atoms with Gasteiger partial charge in [-0.3, -0.25) is 9.69 Å². The molecule has 2 atom stereocenters. The van der Waals surface area contributed by atoms with Gasteiger partial charge >= 0.3 is 0 Å². The first-order valence-corrected chi connectivity index (χ1v) is 10.00. The van der Waals surface area contributed by atoms with Crippen molar-refractivity contribution >= 4 is 23.5 Å². The molecule has 0 N–H and O–H groups in total. The quantitative estimate of drug-likeness (QED) is 0.627. The van der Waals surface area contributed by atoms with Gasteiger partial charge in [0.25, 0.3) is 0 Å². The molecule has 0 spiro atoms. The first-order chi connectivity index (χ1) is 14.0.